The molecular weight excluding hydrogens is 228 g/mol. The SMILES string of the molecule is COc1cccc(OC)c1C1(O)CCCC1(C)C. The number of methoxy groups -OCH3 is 2. The van der Waals surface area contributed by atoms with Gasteiger partial charge in [0, 0.05) is 0 Å². The molecule has 0 radical (unpaired) electrons. The Morgan fingerprint density at radius 3 is 2.00 bits per heavy atom. The molecule has 3 heteroatoms. The van der Waals surface area contributed by atoms with Crippen LogP contribution < -0.4 is 9.47 Å². The lowest BCUT2D eigenvalue weighted by Gasteiger charge is -2.38. The predicted octanol–water partition coefficient (Wildman–Crippen LogP) is 3.10. The highest BCUT2D eigenvalue weighted by molar-refractivity contribution is 5.50. The Hall–Kier alpha value is -1.22. The van der Waals surface area contributed by atoms with Crippen molar-refractivity contribution >= 4 is 0 Å². The smallest absolute Gasteiger partial charge is 0.128 e. The third-order valence-electron chi connectivity index (χ3n) is 4.30. The summed E-state index contributed by atoms with van der Waals surface area (Å²) >= 11 is 0. The van der Waals surface area contributed by atoms with Gasteiger partial charge in [-0.1, -0.05) is 19.9 Å². The maximum absolute atomic E-state index is 11.2. The molecule has 0 saturated heterocycles. The van der Waals surface area contributed by atoms with Gasteiger partial charge in [-0.05, 0) is 36.8 Å². The molecule has 1 atom stereocenters. The largest absolute Gasteiger partial charge is 0.496 e. The lowest BCUT2D eigenvalue weighted by molar-refractivity contribution is -0.0516. The van der Waals surface area contributed by atoms with Gasteiger partial charge in [-0.3, -0.25) is 0 Å². The molecule has 1 aromatic rings. The zero-order chi connectivity index (χ0) is 13.4. The van der Waals surface area contributed by atoms with Crippen molar-refractivity contribution in [3.05, 3.63) is 23.8 Å². The maximum atomic E-state index is 11.2. The quantitative estimate of drug-likeness (QED) is 0.896. The second-order valence-corrected chi connectivity index (χ2v) is 5.64. The van der Waals surface area contributed by atoms with Crippen molar-refractivity contribution in [2.75, 3.05) is 14.2 Å². The molecule has 0 aliphatic heterocycles. The minimum Gasteiger partial charge on any atom is -0.496 e. The first-order valence-corrected chi connectivity index (χ1v) is 6.40. The van der Waals surface area contributed by atoms with Crippen LogP contribution in [0.15, 0.2) is 18.2 Å². The molecule has 0 heterocycles. The van der Waals surface area contributed by atoms with E-state index in [2.05, 4.69) is 13.8 Å². The Labute approximate surface area is 109 Å². The fourth-order valence-electron chi connectivity index (χ4n) is 3.05. The molecule has 0 amide bonds. The second kappa shape index (κ2) is 4.47. The Balaban J connectivity index is 2.62. The monoisotopic (exact) mass is 250 g/mol. The van der Waals surface area contributed by atoms with Crippen LogP contribution in [-0.4, -0.2) is 19.3 Å². The highest BCUT2D eigenvalue weighted by Gasteiger charge is 2.51. The standard InChI is InChI=1S/C15H22O3/c1-14(2)9-6-10-15(14,16)13-11(17-3)7-5-8-12(13)18-4/h5,7-8,16H,6,9-10H2,1-4H3. The second-order valence-electron chi connectivity index (χ2n) is 5.64. The molecular formula is C15H22O3. The van der Waals surface area contributed by atoms with Crippen molar-refractivity contribution in [2.24, 2.45) is 5.41 Å². The highest BCUT2D eigenvalue weighted by atomic mass is 16.5. The zero-order valence-electron chi connectivity index (χ0n) is 11.6. The number of ether oxygens (including phenoxy) is 2. The van der Waals surface area contributed by atoms with E-state index < -0.39 is 5.60 Å². The predicted molar refractivity (Wildman–Crippen MR) is 71.1 cm³/mol. The third kappa shape index (κ3) is 1.77. The summed E-state index contributed by atoms with van der Waals surface area (Å²) < 4.78 is 10.8. The van der Waals surface area contributed by atoms with E-state index in [9.17, 15) is 5.11 Å². The van der Waals surface area contributed by atoms with Gasteiger partial charge >= 0.3 is 0 Å². The summed E-state index contributed by atoms with van der Waals surface area (Å²) in [5.41, 5.74) is -0.266. The zero-order valence-corrected chi connectivity index (χ0v) is 11.6. The average molecular weight is 250 g/mol. The first-order valence-electron chi connectivity index (χ1n) is 6.40. The van der Waals surface area contributed by atoms with Crippen LogP contribution in [0.3, 0.4) is 0 Å². The van der Waals surface area contributed by atoms with Crippen LogP contribution in [0.1, 0.15) is 38.7 Å². The number of aliphatic hydroxyl groups is 1. The van der Waals surface area contributed by atoms with Crippen molar-refractivity contribution < 1.29 is 14.6 Å². The van der Waals surface area contributed by atoms with Gasteiger partial charge in [0.1, 0.15) is 17.1 Å². The van der Waals surface area contributed by atoms with E-state index >= 15 is 0 Å². The molecule has 100 valence electrons. The van der Waals surface area contributed by atoms with Crippen molar-refractivity contribution in [2.45, 2.75) is 38.7 Å². The number of rotatable bonds is 3. The number of benzene rings is 1. The van der Waals surface area contributed by atoms with Crippen LogP contribution in [0.2, 0.25) is 0 Å². The molecule has 1 aromatic carbocycles. The lowest BCUT2D eigenvalue weighted by atomic mass is 9.73. The topological polar surface area (TPSA) is 38.7 Å². The number of hydrogen-bond acceptors (Lipinski definition) is 3. The van der Waals surface area contributed by atoms with E-state index in [1.807, 2.05) is 18.2 Å². The fraction of sp³-hybridized carbons (Fsp3) is 0.600. The fourth-order valence-corrected chi connectivity index (χ4v) is 3.05. The van der Waals surface area contributed by atoms with Crippen molar-refractivity contribution in [3.8, 4) is 11.5 Å². The van der Waals surface area contributed by atoms with Gasteiger partial charge in [-0.15, -0.1) is 0 Å². The molecule has 18 heavy (non-hydrogen) atoms. The van der Waals surface area contributed by atoms with Gasteiger partial charge < -0.3 is 14.6 Å². The van der Waals surface area contributed by atoms with Crippen LogP contribution in [-0.2, 0) is 5.60 Å². The molecule has 1 aliphatic carbocycles. The summed E-state index contributed by atoms with van der Waals surface area (Å²) in [7, 11) is 3.26. The minimum absolute atomic E-state index is 0.172. The molecule has 1 unspecified atom stereocenters. The third-order valence-corrected chi connectivity index (χ3v) is 4.30. The molecule has 0 aromatic heterocycles. The van der Waals surface area contributed by atoms with Crippen molar-refractivity contribution in [1.82, 2.24) is 0 Å². The summed E-state index contributed by atoms with van der Waals surface area (Å²) in [6.07, 6.45) is 2.77. The van der Waals surface area contributed by atoms with Crippen LogP contribution >= 0.6 is 0 Å². The van der Waals surface area contributed by atoms with Gasteiger partial charge in [0.25, 0.3) is 0 Å². The molecule has 0 bridgehead atoms. The highest BCUT2D eigenvalue weighted by Crippen LogP contribution is 2.56. The van der Waals surface area contributed by atoms with E-state index in [4.69, 9.17) is 9.47 Å². The van der Waals surface area contributed by atoms with E-state index in [1.165, 1.54) is 0 Å². The first-order chi connectivity index (χ1) is 8.46. The molecule has 1 fully saturated rings. The Kier molecular flexibility index (Phi) is 3.28. The van der Waals surface area contributed by atoms with Crippen molar-refractivity contribution in [3.63, 3.8) is 0 Å². The minimum atomic E-state index is -0.884. The maximum Gasteiger partial charge on any atom is 0.128 e. The van der Waals surface area contributed by atoms with Crippen LogP contribution in [0.25, 0.3) is 0 Å². The molecule has 1 saturated carbocycles. The Morgan fingerprint density at radius 2 is 1.61 bits per heavy atom. The molecule has 2 rings (SSSR count). The van der Waals surface area contributed by atoms with Gasteiger partial charge in [0.2, 0.25) is 0 Å². The van der Waals surface area contributed by atoms with E-state index in [0.717, 1.165) is 24.8 Å². The summed E-state index contributed by atoms with van der Waals surface area (Å²) in [5, 5.41) is 11.2. The van der Waals surface area contributed by atoms with Crippen LogP contribution in [0, 0.1) is 5.41 Å². The van der Waals surface area contributed by atoms with Gasteiger partial charge in [0.05, 0.1) is 19.8 Å². The van der Waals surface area contributed by atoms with Gasteiger partial charge in [0.15, 0.2) is 0 Å². The summed E-state index contributed by atoms with van der Waals surface area (Å²) in [6, 6.07) is 5.64. The summed E-state index contributed by atoms with van der Waals surface area (Å²) in [4.78, 5) is 0. The lowest BCUT2D eigenvalue weighted by Crippen LogP contribution is -2.37. The van der Waals surface area contributed by atoms with Crippen LogP contribution in [0.4, 0.5) is 0 Å². The average Bonchev–Trinajstić information content (AvgIpc) is 2.63. The molecule has 1 N–H and O–H groups in total. The Bertz CT molecular complexity index is 417. The van der Waals surface area contributed by atoms with E-state index in [-0.39, 0.29) is 5.41 Å². The summed E-state index contributed by atoms with van der Waals surface area (Å²) in [6.45, 7) is 4.21. The van der Waals surface area contributed by atoms with E-state index in [1.54, 1.807) is 14.2 Å². The summed E-state index contributed by atoms with van der Waals surface area (Å²) in [5.74, 6) is 1.40. The number of hydrogen-bond donors (Lipinski definition) is 1. The van der Waals surface area contributed by atoms with Crippen molar-refractivity contribution in [1.29, 1.82) is 0 Å². The normalized spacial score (nSPS) is 26.1. The van der Waals surface area contributed by atoms with Gasteiger partial charge in [-0.2, -0.15) is 0 Å². The molecule has 1 aliphatic rings. The molecule has 3 nitrogen and oxygen atoms in total. The van der Waals surface area contributed by atoms with Gasteiger partial charge in [-0.25, -0.2) is 0 Å². The first kappa shape index (κ1) is 13.2. The Morgan fingerprint density at radius 1 is 1.06 bits per heavy atom. The molecule has 0 spiro atoms. The van der Waals surface area contributed by atoms with Crippen LogP contribution in [0.5, 0.6) is 11.5 Å². The van der Waals surface area contributed by atoms with E-state index in [0.29, 0.717) is 11.5 Å².